The van der Waals surface area contributed by atoms with Crippen LogP contribution < -0.4 is 4.90 Å². The Hall–Kier alpha value is -1.65. The van der Waals surface area contributed by atoms with Gasteiger partial charge in [0.05, 0.1) is 29.0 Å². The molecule has 3 rings (SSSR count). The summed E-state index contributed by atoms with van der Waals surface area (Å²) in [4.78, 5) is 28.1. The number of aliphatic imine (C=N–C) groups is 1. The van der Waals surface area contributed by atoms with Crippen LogP contribution in [0, 0.1) is 5.82 Å². The number of amides is 1. The number of carbonyl (C=O) groups excluding carboxylic acids is 1. The van der Waals surface area contributed by atoms with Crippen molar-refractivity contribution in [3.63, 3.8) is 0 Å². The van der Waals surface area contributed by atoms with Gasteiger partial charge in [-0.25, -0.2) is 12.8 Å². The van der Waals surface area contributed by atoms with Crippen molar-refractivity contribution in [3.05, 3.63) is 29.0 Å². The van der Waals surface area contributed by atoms with E-state index in [2.05, 4.69) is 4.99 Å². The zero-order valence-corrected chi connectivity index (χ0v) is 15.7. The molecular weight excluding hydrogens is 407 g/mol. The molecular formula is C15H14ClFN2O5S2. The zero-order chi connectivity index (χ0) is 19.1. The molecule has 2 fully saturated rings. The number of thioether (sulfide) groups is 1. The minimum Gasteiger partial charge on any atom is -0.481 e. The number of rotatable bonds is 4. The summed E-state index contributed by atoms with van der Waals surface area (Å²) in [6.07, 6.45) is -0.602. The standard InChI is InChI=1S/C15H14ClFN2O5S2/c16-9-5-8(1-2-10(9)17)19-11-6-26(23,24)7-12(11)25-15(19)18-13(20)3-4-14(21)22/h1-2,5,11-12H,3-4,6-7H2,(H,21,22)/t11-,12+/m0/s1. The molecule has 0 saturated carbocycles. The number of benzene rings is 1. The van der Waals surface area contributed by atoms with Crippen molar-refractivity contribution in [1.29, 1.82) is 0 Å². The van der Waals surface area contributed by atoms with Gasteiger partial charge in [-0.3, -0.25) is 9.59 Å². The van der Waals surface area contributed by atoms with E-state index in [0.29, 0.717) is 5.69 Å². The topological polar surface area (TPSA) is 104 Å². The summed E-state index contributed by atoms with van der Waals surface area (Å²) in [7, 11) is -3.23. The van der Waals surface area contributed by atoms with E-state index in [0.717, 1.165) is 17.8 Å². The Labute approximate surface area is 158 Å². The summed E-state index contributed by atoms with van der Waals surface area (Å²) >= 11 is 6.98. The summed E-state index contributed by atoms with van der Waals surface area (Å²) in [5.74, 6) is -2.49. The van der Waals surface area contributed by atoms with Gasteiger partial charge in [0, 0.05) is 17.4 Å². The van der Waals surface area contributed by atoms with E-state index in [1.807, 2.05) is 0 Å². The molecule has 2 aliphatic heterocycles. The molecule has 0 radical (unpaired) electrons. The molecule has 0 unspecified atom stereocenters. The zero-order valence-electron chi connectivity index (χ0n) is 13.3. The van der Waals surface area contributed by atoms with E-state index in [-0.39, 0.29) is 39.8 Å². The van der Waals surface area contributed by atoms with Gasteiger partial charge in [-0.1, -0.05) is 23.4 Å². The van der Waals surface area contributed by atoms with Crippen molar-refractivity contribution in [2.24, 2.45) is 4.99 Å². The molecule has 7 nitrogen and oxygen atoms in total. The maximum absolute atomic E-state index is 13.5. The SMILES string of the molecule is O=C(O)CCC(=O)N=C1S[C@@H]2CS(=O)(=O)C[C@@H]2N1c1ccc(F)c(Cl)c1. The summed E-state index contributed by atoms with van der Waals surface area (Å²) in [6.45, 7) is 0. The lowest BCUT2D eigenvalue weighted by Crippen LogP contribution is -2.37. The Kier molecular flexibility index (Phi) is 5.27. The molecule has 140 valence electrons. The number of hydrogen-bond acceptors (Lipinski definition) is 5. The lowest BCUT2D eigenvalue weighted by Gasteiger charge is -2.24. The van der Waals surface area contributed by atoms with Gasteiger partial charge < -0.3 is 10.0 Å². The average Bonchev–Trinajstić information content (AvgIpc) is 2.99. The van der Waals surface area contributed by atoms with Crippen LogP contribution in [0.3, 0.4) is 0 Å². The third kappa shape index (κ3) is 4.02. The minimum atomic E-state index is -3.23. The molecule has 0 aliphatic carbocycles. The lowest BCUT2D eigenvalue weighted by atomic mass is 10.2. The largest absolute Gasteiger partial charge is 0.481 e. The molecule has 0 aromatic heterocycles. The maximum Gasteiger partial charge on any atom is 0.303 e. The molecule has 11 heteroatoms. The van der Waals surface area contributed by atoms with Crippen molar-refractivity contribution in [3.8, 4) is 0 Å². The van der Waals surface area contributed by atoms with Crippen LogP contribution in [0.25, 0.3) is 0 Å². The van der Waals surface area contributed by atoms with Crippen molar-refractivity contribution in [2.45, 2.75) is 24.1 Å². The molecule has 1 aromatic carbocycles. The van der Waals surface area contributed by atoms with Crippen LogP contribution in [-0.4, -0.2) is 53.4 Å². The summed E-state index contributed by atoms with van der Waals surface area (Å²) in [5, 5.41) is 8.50. The number of halogens is 2. The highest BCUT2D eigenvalue weighted by Gasteiger charge is 2.49. The number of hydrogen-bond donors (Lipinski definition) is 1. The fourth-order valence-corrected chi connectivity index (χ4v) is 6.98. The van der Waals surface area contributed by atoms with Crippen LogP contribution in [-0.2, 0) is 19.4 Å². The molecule has 2 saturated heterocycles. The first-order valence-electron chi connectivity index (χ1n) is 7.61. The third-order valence-electron chi connectivity index (χ3n) is 4.02. The third-order valence-corrected chi connectivity index (χ3v) is 7.52. The number of amidine groups is 1. The second-order valence-electron chi connectivity index (χ2n) is 5.95. The number of carboxylic acids is 1. The minimum absolute atomic E-state index is 0.0455. The van der Waals surface area contributed by atoms with Gasteiger partial charge >= 0.3 is 5.97 Å². The van der Waals surface area contributed by atoms with Gasteiger partial charge in [-0.05, 0) is 18.2 Å². The molecule has 0 spiro atoms. The monoisotopic (exact) mass is 420 g/mol. The normalized spacial score (nSPS) is 25.5. The van der Waals surface area contributed by atoms with E-state index in [9.17, 15) is 22.4 Å². The second-order valence-corrected chi connectivity index (χ2v) is 9.72. The summed E-state index contributed by atoms with van der Waals surface area (Å²) in [5.41, 5.74) is 0.429. The lowest BCUT2D eigenvalue weighted by molar-refractivity contribution is -0.138. The van der Waals surface area contributed by atoms with Crippen molar-refractivity contribution < 1.29 is 27.5 Å². The average molecular weight is 421 g/mol. The highest BCUT2D eigenvalue weighted by Crippen LogP contribution is 2.41. The molecule has 2 atom stereocenters. The molecule has 2 heterocycles. The number of nitrogens with zero attached hydrogens (tertiary/aromatic N) is 2. The summed E-state index contributed by atoms with van der Waals surface area (Å²) < 4.78 is 37.4. The molecule has 1 amide bonds. The fourth-order valence-electron chi connectivity index (χ4n) is 2.88. The van der Waals surface area contributed by atoms with E-state index < -0.39 is 33.6 Å². The molecule has 0 bridgehead atoms. The van der Waals surface area contributed by atoms with Crippen LogP contribution in [0.4, 0.5) is 10.1 Å². The van der Waals surface area contributed by atoms with Crippen molar-refractivity contribution >= 4 is 55.9 Å². The van der Waals surface area contributed by atoms with Crippen LogP contribution in [0.5, 0.6) is 0 Å². The van der Waals surface area contributed by atoms with Crippen LogP contribution in [0.2, 0.25) is 5.02 Å². The number of anilines is 1. The first kappa shape index (κ1) is 19.1. The van der Waals surface area contributed by atoms with Gasteiger partial charge in [0.1, 0.15) is 5.82 Å². The Morgan fingerprint density at radius 1 is 1.35 bits per heavy atom. The predicted octanol–water partition coefficient (Wildman–Crippen LogP) is 1.95. The number of carbonyl (C=O) groups is 2. The van der Waals surface area contributed by atoms with E-state index in [4.69, 9.17) is 16.7 Å². The highest BCUT2D eigenvalue weighted by atomic mass is 35.5. The Morgan fingerprint density at radius 3 is 2.73 bits per heavy atom. The quantitative estimate of drug-likeness (QED) is 0.793. The predicted molar refractivity (Wildman–Crippen MR) is 97.0 cm³/mol. The van der Waals surface area contributed by atoms with Crippen LogP contribution in [0.1, 0.15) is 12.8 Å². The first-order valence-corrected chi connectivity index (χ1v) is 10.7. The first-order chi connectivity index (χ1) is 12.2. The van der Waals surface area contributed by atoms with Gasteiger partial charge in [0.15, 0.2) is 15.0 Å². The van der Waals surface area contributed by atoms with Gasteiger partial charge in [-0.15, -0.1) is 0 Å². The number of aliphatic carboxylic acids is 1. The molecule has 1 aromatic rings. The van der Waals surface area contributed by atoms with E-state index in [1.165, 1.54) is 12.1 Å². The smallest absolute Gasteiger partial charge is 0.303 e. The van der Waals surface area contributed by atoms with E-state index >= 15 is 0 Å². The Balaban J connectivity index is 1.94. The Bertz CT molecular complexity index is 905. The van der Waals surface area contributed by atoms with Crippen LogP contribution in [0.15, 0.2) is 23.2 Å². The number of sulfone groups is 1. The highest BCUT2D eigenvalue weighted by molar-refractivity contribution is 8.16. The summed E-state index contributed by atoms with van der Waals surface area (Å²) in [6, 6.07) is 3.50. The van der Waals surface area contributed by atoms with Crippen molar-refractivity contribution in [1.82, 2.24) is 0 Å². The second kappa shape index (κ2) is 7.16. The van der Waals surface area contributed by atoms with Gasteiger partial charge in [0.25, 0.3) is 0 Å². The Morgan fingerprint density at radius 2 is 2.08 bits per heavy atom. The van der Waals surface area contributed by atoms with Gasteiger partial charge in [0.2, 0.25) is 5.91 Å². The fraction of sp³-hybridized carbons (Fsp3) is 0.400. The van der Waals surface area contributed by atoms with Gasteiger partial charge in [-0.2, -0.15) is 4.99 Å². The molecule has 1 N–H and O–H groups in total. The number of carboxylic acid groups (broad SMARTS) is 1. The van der Waals surface area contributed by atoms with E-state index in [1.54, 1.807) is 4.90 Å². The maximum atomic E-state index is 13.5. The molecule has 2 aliphatic rings. The number of fused-ring (bicyclic) bond motifs is 1. The van der Waals surface area contributed by atoms with Crippen molar-refractivity contribution in [2.75, 3.05) is 16.4 Å². The molecule has 26 heavy (non-hydrogen) atoms. The van der Waals surface area contributed by atoms with Crippen LogP contribution >= 0.6 is 23.4 Å².